The molecule has 0 unspecified atom stereocenters. The first-order valence-corrected chi connectivity index (χ1v) is 6.76. The minimum absolute atomic E-state index is 0.00212. The highest BCUT2D eigenvalue weighted by atomic mass is 32.2. The van der Waals surface area contributed by atoms with Crippen molar-refractivity contribution in [2.45, 2.75) is 0 Å². The minimum atomic E-state index is 0.00212. The third kappa shape index (κ3) is 2.81. The number of hydrogen-bond donors (Lipinski definition) is 0. The topological polar surface area (TPSA) is 35.9 Å². The molecule has 0 saturated carbocycles. The number of nitrogens with zero attached hydrogens (tertiary/aromatic N) is 3. The van der Waals surface area contributed by atoms with E-state index in [0.29, 0.717) is 4.91 Å². The monoisotopic (exact) mass is 275 g/mol. The number of amidine groups is 1. The molecule has 1 aromatic rings. The highest BCUT2D eigenvalue weighted by molar-refractivity contribution is 8.18. The van der Waals surface area contributed by atoms with Crippen LogP contribution in [0, 0.1) is 0 Å². The normalized spacial score (nSPS) is 19.6. The van der Waals surface area contributed by atoms with Gasteiger partial charge in [0.2, 0.25) is 0 Å². The van der Waals surface area contributed by atoms with Gasteiger partial charge in [0.25, 0.3) is 5.91 Å². The Bertz CT molecular complexity index is 546. The summed E-state index contributed by atoms with van der Waals surface area (Å²) in [5, 5.41) is 0.737. The second kappa shape index (κ2) is 5.48. The van der Waals surface area contributed by atoms with Crippen molar-refractivity contribution in [3.05, 3.63) is 34.7 Å². The zero-order chi connectivity index (χ0) is 14.0. The molecule has 1 fully saturated rings. The summed E-state index contributed by atoms with van der Waals surface area (Å²) in [4.78, 5) is 20.4. The summed E-state index contributed by atoms with van der Waals surface area (Å²) in [6.07, 6.45) is 1.90. The minimum Gasteiger partial charge on any atom is -0.378 e. The first kappa shape index (κ1) is 13.7. The van der Waals surface area contributed by atoms with Gasteiger partial charge < -0.3 is 4.90 Å². The second-order valence-electron chi connectivity index (χ2n) is 4.47. The molecular weight excluding hydrogens is 258 g/mol. The van der Waals surface area contributed by atoms with E-state index in [0.717, 1.165) is 16.4 Å². The van der Waals surface area contributed by atoms with E-state index in [4.69, 9.17) is 0 Å². The molecule has 1 aliphatic rings. The van der Waals surface area contributed by atoms with Crippen LogP contribution in [0.3, 0.4) is 0 Å². The zero-order valence-electron chi connectivity index (χ0n) is 11.5. The largest absolute Gasteiger partial charge is 0.378 e. The number of carbonyl (C=O) groups is 1. The maximum absolute atomic E-state index is 12.0. The van der Waals surface area contributed by atoms with Crippen molar-refractivity contribution in [1.82, 2.24) is 4.90 Å². The lowest BCUT2D eigenvalue weighted by Gasteiger charge is -2.11. The molecule has 1 amide bonds. The number of hydrogen-bond acceptors (Lipinski definition) is 4. The highest BCUT2D eigenvalue weighted by Gasteiger charge is 2.29. The number of likely N-dealkylation sites (N-methyl/N-ethyl adjacent to an activating group) is 1. The third-order valence-corrected chi connectivity index (χ3v) is 4.05. The summed E-state index contributed by atoms with van der Waals surface area (Å²) in [6.45, 7) is 0. The van der Waals surface area contributed by atoms with Crippen LogP contribution in [-0.2, 0) is 4.79 Å². The Morgan fingerprint density at radius 3 is 2.37 bits per heavy atom. The van der Waals surface area contributed by atoms with E-state index < -0.39 is 0 Å². The Labute approximate surface area is 117 Å². The van der Waals surface area contributed by atoms with Crippen LogP contribution in [0.1, 0.15) is 5.56 Å². The van der Waals surface area contributed by atoms with Gasteiger partial charge in [0.15, 0.2) is 5.17 Å². The molecule has 2 rings (SSSR count). The molecule has 0 radical (unpaired) electrons. The fourth-order valence-electron chi connectivity index (χ4n) is 1.77. The average Bonchev–Trinajstić information content (AvgIpc) is 2.67. The van der Waals surface area contributed by atoms with Crippen molar-refractivity contribution in [3.8, 4) is 0 Å². The number of thioether (sulfide) groups is 1. The molecule has 19 heavy (non-hydrogen) atoms. The summed E-state index contributed by atoms with van der Waals surface area (Å²) in [5.41, 5.74) is 2.16. The van der Waals surface area contributed by atoms with E-state index in [1.54, 1.807) is 19.0 Å². The number of carbonyl (C=O) groups excluding carboxylic acids is 1. The highest BCUT2D eigenvalue weighted by Crippen LogP contribution is 2.31. The zero-order valence-corrected chi connectivity index (χ0v) is 12.4. The van der Waals surface area contributed by atoms with Gasteiger partial charge in [0.1, 0.15) is 0 Å². The van der Waals surface area contributed by atoms with E-state index in [1.165, 1.54) is 11.8 Å². The predicted octanol–water partition coefficient (Wildman–Crippen LogP) is 2.28. The molecule has 1 saturated heterocycles. The molecule has 4 nitrogen and oxygen atoms in total. The van der Waals surface area contributed by atoms with Gasteiger partial charge in [-0.1, -0.05) is 12.1 Å². The fourth-order valence-corrected chi connectivity index (χ4v) is 2.70. The fraction of sp³-hybridized carbons (Fsp3) is 0.286. The summed E-state index contributed by atoms with van der Waals surface area (Å²) in [5.74, 6) is 0.00212. The number of anilines is 1. The van der Waals surface area contributed by atoms with Crippen LogP contribution in [0.4, 0.5) is 5.69 Å². The lowest BCUT2D eigenvalue weighted by Crippen LogP contribution is -2.23. The molecule has 0 N–H and O–H groups in total. The summed E-state index contributed by atoms with van der Waals surface area (Å²) < 4.78 is 0. The van der Waals surface area contributed by atoms with Crippen molar-refractivity contribution in [3.63, 3.8) is 0 Å². The molecular formula is C14H17N3OS. The summed E-state index contributed by atoms with van der Waals surface area (Å²) in [6, 6.07) is 8.10. The molecule has 1 aliphatic heterocycles. The molecule has 1 aromatic carbocycles. The maximum Gasteiger partial charge on any atom is 0.266 e. The van der Waals surface area contributed by atoms with Crippen LogP contribution in [0.15, 0.2) is 34.2 Å². The van der Waals surface area contributed by atoms with E-state index >= 15 is 0 Å². The van der Waals surface area contributed by atoms with Gasteiger partial charge in [-0.05, 0) is 35.5 Å². The van der Waals surface area contributed by atoms with Crippen molar-refractivity contribution in [2.24, 2.45) is 4.99 Å². The molecule has 0 spiro atoms. The lowest BCUT2D eigenvalue weighted by molar-refractivity contribution is -0.121. The van der Waals surface area contributed by atoms with Crippen LogP contribution in [0.2, 0.25) is 0 Å². The first-order chi connectivity index (χ1) is 9.02. The third-order valence-electron chi connectivity index (χ3n) is 2.90. The predicted molar refractivity (Wildman–Crippen MR) is 82.5 cm³/mol. The smallest absolute Gasteiger partial charge is 0.266 e. The van der Waals surface area contributed by atoms with Crippen molar-refractivity contribution >= 4 is 34.6 Å². The Balaban J connectivity index is 2.25. The number of amides is 1. The average molecular weight is 275 g/mol. The first-order valence-electron chi connectivity index (χ1n) is 5.94. The molecule has 0 aromatic heterocycles. The molecule has 0 atom stereocenters. The number of benzene rings is 1. The van der Waals surface area contributed by atoms with Crippen LogP contribution in [-0.4, -0.2) is 44.2 Å². The van der Waals surface area contributed by atoms with Gasteiger partial charge in [0, 0.05) is 33.9 Å². The Kier molecular flexibility index (Phi) is 3.95. The second-order valence-corrected chi connectivity index (χ2v) is 5.48. The maximum atomic E-state index is 12.0. The van der Waals surface area contributed by atoms with Crippen molar-refractivity contribution in [2.75, 3.05) is 33.1 Å². The molecule has 5 heteroatoms. The SMILES string of the molecule is CN=C1S/C(=C/c2ccc(N(C)C)cc2)C(=O)N1C. The van der Waals surface area contributed by atoms with E-state index in [9.17, 15) is 4.79 Å². The Hall–Kier alpha value is -1.75. The molecule has 0 bridgehead atoms. The van der Waals surface area contributed by atoms with Gasteiger partial charge in [-0.2, -0.15) is 0 Å². The van der Waals surface area contributed by atoms with E-state index in [2.05, 4.69) is 4.99 Å². The molecule has 0 aliphatic carbocycles. The van der Waals surface area contributed by atoms with Gasteiger partial charge in [-0.25, -0.2) is 0 Å². The number of rotatable bonds is 2. The summed E-state index contributed by atoms with van der Waals surface area (Å²) >= 11 is 1.41. The summed E-state index contributed by atoms with van der Waals surface area (Å²) in [7, 11) is 7.44. The van der Waals surface area contributed by atoms with Gasteiger partial charge >= 0.3 is 0 Å². The Morgan fingerprint density at radius 1 is 1.26 bits per heavy atom. The molecule has 100 valence electrons. The quantitative estimate of drug-likeness (QED) is 0.777. The van der Waals surface area contributed by atoms with Gasteiger partial charge in [0.05, 0.1) is 4.91 Å². The van der Waals surface area contributed by atoms with Crippen LogP contribution < -0.4 is 4.90 Å². The van der Waals surface area contributed by atoms with E-state index in [-0.39, 0.29) is 5.91 Å². The van der Waals surface area contributed by atoms with Gasteiger partial charge in [-0.3, -0.25) is 14.7 Å². The van der Waals surface area contributed by atoms with E-state index in [1.807, 2.05) is 49.3 Å². The van der Waals surface area contributed by atoms with Gasteiger partial charge in [-0.15, -0.1) is 0 Å². The van der Waals surface area contributed by atoms with Crippen molar-refractivity contribution in [1.29, 1.82) is 0 Å². The lowest BCUT2D eigenvalue weighted by atomic mass is 10.2. The van der Waals surface area contributed by atoms with Crippen LogP contribution in [0.5, 0.6) is 0 Å². The van der Waals surface area contributed by atoms with Crippen LogP contribution >= 0.6 is 11.8 Å². The van der Waals surface area contributed by atoms with Crippen LogP contribution in [0.25, 0.3) is 6.08 Å². The molecule has 1 heterocycles. The standard InChI is InChI=1S/C14H17N3OS/c1-15-14-17(4)13(18)12(19-14)9-10-5-7-11(8-6-10)16(2)3/h5-9H,1-4H3/b12-9+,15-14?. The van der Waals surface area contributed by atoms with Crippen molar-refractivity contribution < 1.29 is 4.79 Å². The Morgan fingerprint density at radius 2 is 1.89 bits per heavy atom. The number of aliphatic imine (C=N–C) groups is 1.